The smallest absolute Gasteiger partial charge is 0.259 e. The normalized spacial score (nSPS) is 10.7. The Labute approximate surface area is 199 Å². The first-order valence-electron chi connectivity index (χ1n) is 9.95. The number of halogens is 1. The number of methoxy groups -OCH3 is 1. The molecular weight excluding hydrogens is 460 g/mol. The number of phenols is 1. The van der Waals surface area contributed by atoms with Crippen LogP contribution in [-0.4, -0.2) is 33.3 Å². The van der Waals surface area contributed by atoms with Crippen molar-refractivity contribution in [2.24, 2.45) is 0 Å². The summed E-state index contributed by atoms with van der Waals surface area (Å²) in [6.07, 6.45) is 0. The Bertz CT molecular complexity index is 1360. The van der Waals surface area contributed by atoms with Crippen molar-refractivity contribution in [3.8, 4) is 28.4 Å². The van der Waals surface area contributed by atoms with Crippen molar-refractivity contribution in [1.82, 2.24) is 9.55 Å². The van der Waals surface area contributed by atoms with E-state index in [0.717, 1.165) is 0 Å². The Morgan fingerprint density at radius 1 is 1.06 bits per heavy atom. The quantitative estimate of drug-likeness (QED) is 0.222. The first kappa shape index (κ1) is 22.6. The van der Waals surface area contributed by atoms with Gasteiger partial charge in [0.05, 0.1) is 24.2 Å². The van der Waals surface area contributed by atoms with Gasteiger partial charge in [0.15, 0.2) is 22.4 Å². The van der Waals surface area contributed by atoms with E-state index in [1.165, 1.54) is 35.6 Å². The van der Waals surface area contributed by atoms with Crippen LogP contribution in [0.25, 0.3) is 16.9 Å². The Morgan fingerprint density at radius 2 is 1.79 bits per heavy atom. The lowest BCUT2D eigenvalue weighted by Crippen LogP contribution is -2.21. The van der Waals surface area contributed by atoms with Crippen LogP contribution in [-0.2, 0) is 0 Å². The highest BCUT2D eigenvalue weighted by molar-refractivity contribution is 7.99. The fourth-order valence-electron chi connectivity index (χ4n) is 3.21. The Kier molecular flexibility index (Phi) is 6.82. The number of thioether (sulfide) groups is 1. The van der Waals surface area contributed by atoms with E-state index in [0.29, 0.717) is 32.7 Å². The van der Waals surface area contributed by atoms with E-state index in [1.54, 1.807) is 48.5 Å². The van der Waals surface area contributed by atoms with Gasteiger partial charge in [0.25, 0.3) is 5.56 Å². The van der Waals surface area contributed by atoms with Gasteiger partial charge in [-0.25, -0.2) is 4.98 Å². The minimum atomic E-state index is -0.292. The number of ether oxygens (including phenoxy) is 1. The van der Waals surface area contributed by atoms with E-state index in [-0.39, 0.29) is 28.6 Å². The molecule has 4 aromatic rings. The van der Waals surface area contributed by atoms with Crippen LogP contribution in [0.5, 0.6) is 11.5 Å². The Morgan fingerprint density at radius 3 is 2.48 bits per heavy atom. The van der Waals surface area contributed by atoms with Gasteiger partial charge in [-0.2, -0.15) is 0 Å². The lowest BCUT2D eigenvalue weighted by atomic mass is 10.1. The number of para-hydroxylation sites is 1. The molecular formula is C25H19ClN2O4S. The molecule has 0 radical (unpaired) electrons. The summed E-state index contributed by atoms with van der Waals surface area (Å²) >= 11 is 7.09. The number of aromatic nitrogens is 2. The molecule has 3 aromatic carbocycles. The molecule has 6 nitrogen and oxygen atoms in total. The zero-order chi connectivity index (χ0) is 23.4. The maximum absolute atomic E-state index is 13.1. The van der Waals surface area contributed by atoms with Gasteiger partial charge in [-0.15, -0.1) is 0 Å². The van der Waals surface area contributed by atoms with Gasteiger partial charge in [0, 0.05) is 22.2 Å². The molecule has 0 unspecified atom stereocenters. The van der Waals surface area contributed by atoms with Crippen LogP contribution in [0.1, 0.15) is 10.4 Å². The average molecular weight is 479 g/mol. The molecule has 0 aliphatic carbocycles. The molecule has 0 aliphatic heterocycles. The Balaban J connectivity index is 1.74. The molecule has 0 fully saturated rings. The minimum Gasteiger partial charge on any atom is -0.504 e. The summed E-state index contributed by atoms with van der Waals surface area (Å²) in [6.45, 7) is 0. The molecule has 166 valence electrons. The number of carbonyl (C=O) groups excluding carboxylic acids is 1. The standard InChI is InChI=1S/C25H19ClN2O4S/c1-32-23-13-17(9-12-21(23)29)20-14-24(31)28(19-5-3-2-4-6-19)25(27-20)33-15-22(30)16-7-10-18(26)11-8-16/h2-14,29H,15H2,1H3. The second-order valence-corrected chi connectivity index (χ2v) is 8.42. The molecule has 0 saturated carbocycles. The third-order valence-corrected chi connectivity index (χ3v) is 6.07. The number of hydrogen-bond acceptors (Lipinski definition) is 6. The van der Waals surface area contributed by atoms with E-state index in [1.807, 2.05) is 18.2 Å². The summed E-state index contributed by atoms with van der Waals surface area (Å²) in [4.78, 5) is 30.5. The minimum absolute atomic E-state index is 0.0120. The second-order valence-electron chi connectivity index (χ2n) is 7.04. The van der Waals surface area contributed by atoms with Crippen molar-refractivity contribution in [3.63, 3.8) is 0 Å². The van der Waals surface area contributed by atoms with E-state index < -0.39 is 0 Å². The first-order valence-corrected chi connectivity index (χ1v) is 11.3. The average Bonchev–Trinajstić information content (AvgIpc) is 2.83. The number of rotatable bonds is 7. The van der Waals surface area contributed by atoms with Crippen LogP contribution in [0.3, 0.4) is 0 Å². The number of aromatic hydroxyl groups is 1. The number of hydrogen-bond donors (Lipinski definition) is 1. The third-order valence-electron chi connectivity index (χ3n) is 4.88. The van der Waals surface area contributed by atoms with Gasteiger partial charge in [-0.05, 0) is 54.6 Å². The second kappa shape index (κ2) is 9.94. The molecule has 33 heavy (non-hydrogen) atoms. The molecule has 0 bridgehead atoms. The predicted molar refractivity (Wildman–Crippen MR) is 130 cm³/mol. The van der Waals surface area contributed by atoms with Gasteiger partial charge in [-0.3, -0.25) is 14.2 Å². The van der Waals surface area contributed by atoms with Crippen LogP contribution in [0, 0.1) is 0 Å². The highest BCUT2D eigenvalue weighted by Crippen LogP contribution is 2.31. The molecule has 0 atom stereocenters. The van der Waals surface area contributed by atoms with E-state index >= 15 is 0 Å². The topological polar surface area (TPSA) is 81.4 Å². The molecule has 1 aromatic heterocycles. The Hall–Kier alpha value is -3.55. The van der Waals surface area contributed by atoms with Crippen molar-refractivity contribution < 1.29 is 14.6 Å². The number of nitrogens with zero attached hydrogens (tertiary/aromatic N) is 2. The number of carbonyl (C=O) groups is 1. The summed E-state index contributed by atoms with van der Waals surface area (Å²) in [5, 5.41) is 10.8. The fourth-order valence-corrected chi connectivity index (χ4v) is 4.25. The van der Waals surface area contributed by atoms with Crippen molar-refractivity contribution in [2.75, 3.05) is 12.9 Å². The number of benzene rings is 3. The molecule has 8 heteroatoms. The van der Waals surface area contributed by atoms with E-state index in [4.69, 9.17) is 16.3 Å². The molecule has 1 N–H and O–H groups in total. The summed E-state index contributed by atoms with van der Waals surface area (Å²) < 4.78 is 6.65. The fraction of sp³-hybridized carbons (Fsp3) is 0.0800. The van der Waals surface area contributed by atoms with Gasteiger partial charge < -0.3 is 9.84 Å². The van der Waals surface area contributed by atoms with Crippen LogP contribution in [0.15, 0.2) is 88.8 Å². The van der Waals surface area contributed by atoms with Crippen LogP contribution < -0.4 is 10.3 Å². The van der Waals surface area contributed by atoms with Gasteiger partial charge >= 0.3 is 0 Å². The van der Waals surface area contributed by atoms with Gasteiger partial charge in [0.2, 0.25) is 0 Å². The largest absolute Gasteiger partial charge is 0.504 e. The molecule has 1 heterocycles. The zero-order valence-electron chi connectivity index (χ0n) is 17.6. The van der Waals surface area contributed by atoms with Crippen molar-refractivity contribution in [3.05, 3.63) is 99.8 Å². The maximum atomic E-state index is 13.1. The summed E-state index contributed by atoms with van der Waals surface area (Å²) in [7, 11) is 1.45. The lowest BCUT2D eigenvalue weighted by Gasteiger charge is -2.14. The van der Waals surface area contributed by atoms with Gasteiger partial charge in [-0.1, -0.05) is 41.6 Å². The lowest BCUT2D eigenvalue weighted by molar-refractivity contribution is 0.102. The number of phenolic OH excluding ortho intramolecular Hbond substituents is 1. The molecule has 0 saturated heterocycles. The summed E-state index contributed by atoms with van der Waals surface area (Å²) in [5.74, 6) is 0.237. The monoisotopic (exact) mass is 478 g/mol. The summed E-state index contributed by atoms with van der Waals surface area (Å²) in [5.41, 5.74) is 1.89. The van der Waals surface area contributed by atoms with Crippen LogP contribution >= 0.6 is 23.4 Å². The third kappa shape index (κ3) is 5.10. The molecule has 0 amide bonds. The van der Waals surface area contributed by atoms with E-state index in [9.17, 15) is 14.7 Å². The summed E-state index contributed by atoms with van der Waals surface area (Å²) in [6, 6.07) is 21.9. The van der Waals surface area contributed by atoms with Crippen molar-refractivity contribution in [2.45, 2.75) is 5.16 Å². The highest BCUT2D eigenvalue weighted by atomic mass is 35.5. The van der Waals surface area contributed by atoms with E-state index in [2.05, 4.69) is 4.98 Å². The highest BCUT2D eigenvalue weighted by Gasteiger charge is 2.16. The predicted octanol–water partition coefficient (Wildman–Crippen LogP) is 5.24. The number of ketones is 1. The van der Waals surface area contributed by atoms with Crippen molar-refractivity contribution >= 4 is 29.1 Å². The molecule has 4 rings (SSSR count). The van der Waals surface area contributed by atoms with Crippen LogP contribution in [0.4, 0.5) is 0 Å². The van der Waals surface area contributed by atoms with Crippen LogP contribution in [0.2, 0.25) is 5.02 Å². The van der Waals surface area contributed by atoms with Crippen molar-refractivity contribution in [1.29, 1.82) is 0 Å². The zero-order valence-corrected chi connectivity index (χ0v) is 19.1. The molecule has 0 aliphatic rings. The maximum Gasteiger partial charge on any atom is 0.259 e. The first-order chi connectivity index (χ1) is 16.0. The number of Topliss-reactive ketones (excluding diaryl/α,β-unsaturated/α-hetero) is 1. The SMILES string of the molecule is COc1cc(-c2cc(=O)n(-c3ccccc3)c(SCC(=O)c3ccc(Cl)cc3)n2)ccc1O. The van der Waals surface area contributed by atoms with Gasteiger partial charge in [0.1, 0.15) is 0 Å². The molecule has 0 spiro atoms.